The van der Waals surface area contributed by atoms with Crippen molar-refractivity contribution in [3.63, 3.8) is 0 Å². The van der Waals surface area contributed by atoms with E-state index in [4.69, 9.17) is 4.74 Å². The lowest BCUT2D eigenvalue weighted by atomic mass is 9.90. The van der Waals surface area contributed by atoms with Gasteiger partial charge in [-0.1, -0.05) is 12.1 Å². The normalized spacial score (nSPS) is 19.7. The number of morpholine rings is 1. The molecule has 2 N–H and O–H groups in total. The lowest BCUT2D eigenvalue weighted by Gasteiger charge is -2.32. The zero-order valence-electron chi connectivity index (χ0n) is 25.9. The maximum Gasteiger partial charge on any atom is 0.284 e. The summed E-state index contributed by atoms with van der Waals surface area (Å²) in [5, 5.41) is 13.3. The number of rotatable bonds is 8. The number of imide groups is 1. The van der Waals surface area contributed by atoms with E-state index in [1.54, 1.807) is 24.4 Å². The molecular formula is C32H34F3N9O4. The third kappa shape index (κ3) is 6.49. The zero-order chi connectivity index (χ0) is 33.4. The summed E-state index contributed by atoms with van der Waals surface area (Å²) < 4.78 is 51.6. The quantitative estimate of drug-likeness (QED) is 0.271. The van der Waals surface area contributed by atoms with Gasteiger partial charge in [0, 0.05) is 57.1 Å². The van der Waals surface area contributed by atoms with Crippen LogP contribution in [0.25, 0.3) is 5.65 Å². The van der Waals surface area contributed by atoms with Crippen molar-refractivity contribution in [1.82, 2.24) is 34.6 Å². The van der Waals surface area contributed by atoms with Crippen molar-refractivity contribution in [2.24, 2.45) is 0 Å². The molecule has 252 valence electrons. The highest BCUT2D eigenvalue weighted by atomic mass is 19.3. The van der Waals surface area contributed by atoms with E-state index < -0.39 is 35.7 Å². The molecule has 6 heterocycles. The number of amides is 3. The molecule has 1 atom stereocenters. The Kier molecular flexibility index (Phi) is 8.83. The van der Waals surface area contributed by atoms with Crippen molar-refractivity contribution >= 4 is 34.9 Å². The summed E-state index contributed by atoms with van der Waals surface area (Å²) >= 11 is 0. The molecule has 0 saturated carbocycles. The number of hydrogen-bond acceptors (Lipinski definition) is 9. The fraction of sp³-hybridized carbons (Fsp3) is 0.438. The van der Waals surface area contributed by atoms with Crippen LogP contribution in [0.2, 0.25) is 0 Å². The Hall–Kier alpha value is -4.83. The van der Waals surface area contributed by atoms with E-state index in [2.05, 4.69) is 30.7 Å². The fourth-order valence-electron chi connectivity index (χ4n) is 6.53. The minimum atomic E-state index is -2.91. The third-order valence-corrected chi connectivity index (χ3v) is 9.19. The van der Waals surface area contributed by atoms with Crippen LogP contribution in [0.3, 0.4) is 0 Å². The average molecular weight is 666 g/mol. The van der Waals surface area contributed by atoms with Crippen LogP contribution in [0.5, 0.6) is 0 Å². The summed E-state index contributed by atoms with van der Waals surface area (Å²) in [5.74, 6) is -1.68. The number of nitrogens with one attached hydrogen (secondary N) is 2. The van der Waals surface area contributed by atoms with Crippen LogP contribution in [-0.2, 0) is 20.9 Å². The number of carbonyl (C=O) groups is 3. The zero-order valence-corrected chi connectivity index (χ0v) is 25.9. The smallest absolute Gasteiger partial charge is 0.284 e. The van der Waals surface area contributed by atoms with E-state index >= 15 is 4.39 Å². The van der Waals surface area contributed by atoms with Gasteiger partial charge in [-0.2, -0.15) is 10.2 Å². The van der Waals surface area contributed by atoms with Gasteiger partial charge < -0.3 is 15.0 Å². The minimum absolute atomic E-state index is 0.0840. The molecule has 48 heavy (non-hydrogen) atoms. The highest BCUT2D eigenvalue weighted by molar-refractivity contribution is 6.08. The molecule has 13 nitrogen and oxygen atoms in total. The molecule has 3 fully saturated rings. The van der Waals surface area contributed by atoms with Crippen molar-refractivity contribution in [3.8, 4) is 0 Å². The molecule has 0 spiro atoms. The number of hydrogen-bond donors (Lipinski definition) is 2. The van der Waals surface area contributed by atoms with Gasteiger partial charge in [-0.3, -0.25) is 29.3 Å². The summed E-state index contributed by atoms with van der Waals surface area (Å²) in [4.78, 5) is 45.7. The summed E-state index contributed by atoms with van der Waals surface area (Å²) in [6.45, 7) is 3.95. The van der Waals surface area contributed by atoms with Crippen molar-refractivity contribution < 1.29 is 32.3 Å². The Morgan fingerprint density at radius 3 is 2.60 bits per heavy atom. The van der Waals surface area contributed by atoms with Crippen molar-refractivity contribution in [3.05, 3.63) is 71.1 Å². The number of fused-ring (bicyclic) bond motifs is 1. The molecule has 0 bridgehead atoms. The van der Waals surface area contributed by atoms with Gasteiger partial charge >= 0.3 is 0 Å². The molecule has 3 aliphatic heterocycles. The van der Waals surface area contributed by atoms with Gasteiger partial charge in [0.15, 0.2) is 11.3 Å². The third-order valence-electron chi connectivity index (χ3n) is 9.19. The minimum Gasteiger partial charge on any atom is -0.378 e. The number of likely N-dealkylation sites (tertiary alicyclic amines) is 1. The topological polar surface area (TPSA) is 139 Å². The molecule has 3 saturated heterocycles. The molecule has 0 aliphatic carbocycles. The summed E-state index contributed by atoms with van der Waals surface area (Å²) in [7, 11) is 0. The molecule has 16 heteroatoms. The van der Waals surface area contributed by atoms with Crippen LogP contribution in [0, 0.1) is 5.82 Å². The van der Waals surface area contributed by atoms with Crippen molar-refractivity contribution in [2.75, 3.05) is 49.6 Å². The molecular weight excluding hydrogens is 631 g/mol. The van der Waals surface area contributed by atoms with Crippen LogP contribution in [-0.4, -0.2) is 86.4 Å². The number of alkyl halides is 2. The largest absolute Gasteiger partial charge is 0.378 e. The van der Waals surface area contributed by atoms with Gasteiger partial charge in [0.25, 0.3) is 12.3 Å². The van der Waals surface area contributed by atoms with E-state index in [1.165, 1.54) is 27.7 Å². The maximum atomic E-state index is 15.1. The number of anilines is 2. The monoisotopic (exact) mass is 665 g/mol. The van der Waals surface area contributed by atoms with Crippen LogP contribution in [0.4, 0.5) is 24.7 Å². The number of nitrogens with zero attached hydrogens (tertiary/aromatic N) is 7. The van der Waals surface area contributed by atoms with Gasteiger partial charge in [-0.05, 0) is 37.0 Å². The predicted molar refractivity (Wildman–Crippen MR) is 166 cm³/mol. The first-order chi connectivity index (χ1) is 23.2. The number of ether oxygens (including phenoxy) is 1. The van der Waals surface area contributed by atoms with E-state index in [1.807, 2.05) is 4.90 Å². The molecule has 3 aliphatic rings. The van der Waals surface area contributed by atoms with Gasteiger partial charge in [0.2, 0.25) is 11.8 Å². The van der Waals surface area contributed by atoms with Gasteiger partial charge in [-0.25, -0.2) is 22.7 Å². The Morgan fingerprint density at radius 1 is 1.08 bits per heavy atom. The second kappa shape index (κ2) is 13.4. The van der Waals surface area contributed by atoms with Crippen LogP contribution < -0.4 is 15.5 Å². The Labute approximate surface area is 273 Å². The first kappa shape index (κ1) is 31.8. The lowest BCUT2D eigenvalue weighted by Crippen LogP contribution is -2.39. The first-order valence-electron chi connectivity index (χ1n) is 15.9. The number of piperidine rings is 2. The average Bonchev–Trinajstić information content (AvgIpc) is 3.71. The highest BCUT2D eigenvalue weighted by Crippen LogP contribution is 2.32. The molecule has 3 amide bonds. The van der Waals surface area contributed by atoms with E-state index in [0.29, 0.717) is 87.8 Å². The van der Waals surface area contributed by atoms with Gasteiger partial charge in [0.1, 0.15) is 17.2 Å². The Morgan fingerprint density at radius 2 is 1.88 bits per heavy atom. The summed E-state index contributed by atoms with van der Waals surface area (Å²) in [5.41, 5.74) is 0.849. The maximum absolute atomic E-state index is 15.1. The van der Waals surface area contributed by atoms with Gasteiger partial charge in [-0.15, -0.1) is 0 Å². The summed E-state index contributed by atoms with van der Waals surface area (Å²) in [6.07, 6.45) is 3.29. The number of halogens is 3. The summed E-state index contributed by atoms with van der Waals surface area (Å²) in [6, 6.07) is 6.36. The van der Waals surface area contributed by atoms with Crippen LogP contribution in [0.15, 0.2) is 42.9 Å². The number of benzene rings is 1. The molecule has 7 rings (SSSR count). The number of aromatic nitrogens is 5. The first-order valence-corrected chi connectivity index (χ1v) is 15.9. The standard InChI is InChI=1S/C32H34F3N9O4/c33-24-15-19(22-3-4-27(45)39-31(22)46)1-2-20(24)17-41-8-5-21(6-9-41)44-18-25(28(40-44)29(34)35)37-32(47)23-16-36-43-10-7-26(38-30(23)43)42-11-13-48-14-12-42/h1-2,7,10,15-16,18,21-22,29H,3-6,8-9,11-14,17H2,(H,37,47)(H,39,45,46). The SMILES string of the molecule is O=C1CCC(c2ccc(CN3CCC(n4cc(NC(=O)c5cnn6ccc(N7CCOCC7)nc56)c(C(F)F)n4)CC3)c(F)c2)C(=O)N1. The molecule has 1 unspecified atom stereocenters. The van der Waals surface area contributed by atoms with Crippen LogP contribution >= 0.6 is 0 Å². The highest BCUT2D eigenvalue weighted by Gasteiger charge is 2.30. The van der Waals surface area contributed by atoms with Crippen LogP contribution in [0.1, 0.15) is 71.2 Å². The van der Waals surface area contributed by atoms with Gasteiger partial charge in [0.05, 0.1) is 37.1 Å². The second-order valence-electron chi connectivity index (χ2n) is 12.2. The molecule has 3 aromatic heterocycles. The molecule has 4 aromatic rings. The fourth-order valence-corrected chi connectivity index (χ4v) is 6.53. The molecule has 1 aromatic carbocycles. The van der Waals surface area contributed by atoms with E-state index in [0.717, 1.165) is 0 Å². The van der Waals surface area contributed by atoms with Crippen molar-refractivity contribution in [2.45, 2.75) is 50.6 Å². The Bertz CT molecular complexity index is 1850. The van der Waals surface area contributed by atoms with Crippen molar-refractivity contribution in [1.29, 1.82) is 0 Å². The van der Waals surface area contributed by atoms with E-state index in [-0.39, 0.29) is 29.6 Å². The lowest BCUT2D eigenvalue weighted by molar-refractivity contribution is -0.134. The second-order valence-corrected chi connectivity index (χ2v) is 12.2. The Balaban J connectivity index is 0.997. The molecule has 0 radical (unpaired) electrons. The van der Waals surface area contributed by atoms with E-state index in [9.17, 15) is 23.2 Å². The number of carbonyl (C=O) groups excluding carboxylic acids is 3. The predicted octanol–water partition coefficient (Wildman–Crippen LogP) is 3.45.